The maximum atomic E-state index is 16.1. The fraction of sp³-hybridized carbons (Fsp3) is 0.394. The first-order chi connectivity index (χ1) is 19.9. The summed E-state index contributed by atoms with van der Waals surface area (Å²) in [5.41, 5.74) is -0.395. The molecule has 9 heteroatoms. The molecule has 1 aliphatic heterocycles. The van der Waals surface area contributed by atoms with Crippen molar-refractivity contribution in [3.63, 3.8) is 0 Å². The third kappa shape index (κ3) is 6.18. The molecule has 1 aliphatic rings. The Bertz CT molecular complexity index is 1360. The van der Waals surface area contributed by atoms with Gasteiger partial charge in [-0.05, 0) is 42.2 Å². The Balaban J connectivity index is 1.90. The average molecular weight is 596 g/mol. The lowest BCUT2D eigenvalue weighted by atomic mass is 10.0. The lowest BCUT2D eigenvalue weighted by Gasteiger charge is -2.43. The molecule has 0 bridgehead atoms. The van der Waals surface area contributed by atoms with Gasteiger partial charge in [-0.15, -0.1) is 0 Å². The number of esters is 1. The zero-order chi connectivity index (χ0) is 30.7. The number of hydrogen-bond acceptors (Lipinski definition) is 6. The number of carbonyl (C=O) groups is 2. The lowest BCUT2D eigenvalue weighted by molar-refractivity contribution is -0.137. The number of halogens is 2. The number of hydrogen-bond donors (Lipinski definition) is 0. The second kappa shape index (κ2) is 12.9. The summed E-state index contributed by atoms with van der Waals surface area (Å²) < 4.78 is 49.3. The van der Waals surface area contributed by atoms with E-state index in [0.29, 0.717) is 13.1 Å². The van der Waals surface area contributed by atoms with Crippen LogP contribution in [-0.4, -0.2) is 52.0 Å². The van der Waals surface area contributed by atoms with Gasteiger partial charge in [0.15, 0.2) is 11.6 Å². The summed E-state index contributed by atoms with van der Waals surface area (Å²) in [6.07, 6.45) is -0.468. The van der Waals surface area contributed by atoms with E-state index in [1.807, 2.05) is 74.5 Å². The molecule has 1 saturated heterocycles. The monoisotopic (exact) mass is 595 g/mol. The van der Waals surface area contributed by atoms with Crippen LogP contribution in [0, 0.1) is 11.6 Å². The molecule has 2 unspecified atom stereocenters. The highest BCUT2D eigenvalue weighted by atomic mass is 28.4. The first-order valence-corrected chi connectivity index (χ1v) is 16.2. The zero-order valence-corrected chi connectivity index (χ0v) is 26.1. The minimum absolute atomic E-state index is 0.00726. The van der Waals surface area contributed by atoms with Crippen molar-refractivity contribution in [2.45, 2.75) is 65.4 Å². The number of ether oxygens (including phenoxy) is 2. The van der Waals surface area contributed by atoms with Crippen LogP contribution in [0.2, 0.25) is 5.04 Å². The molecule has 4 rings (SSSR count). The Hall–Kier alpha value is -3.40. The molecule has 0 N–H and O–H groups in total. The smallest absolute Gasteiger partial charge is 0.379 e. The molecule has 0 aliphatic carbocycles. The molecule has 0 spiro atoms. The standard InChI is InChI=1S/C33H39F2NO5Si/c1-7-39-32(38)31(37)27-18-24(30(29(35)28(27)34)36-19-22(2)41-23(3)20-36)21-40-42(33(4,5)6,25-14-10-8-11-15-25)26-16-12-9-13-17-26/h8-18,22-23H,7,19-21H2,1-6H3. The molecule has 0 aromatic heterocycles. The molecule has 1 heterocycles. The fourth-order valence-electron chi connectivity index (χ4n) is 5.90. The molecule has 6 nitrogen and oxygen atoms in total. The van der Waals surface area contributed by atoms with Crippen LogP contribution in [0.25, 0.3) is 0 Å². The maximum Gasteiger partial charge on any atom is 0.379 e. The minimum atomic E-state index is -3.08. The minimum Gasteiger partial charge on any atom is -0.460 e. The van der Waals surface area contributed by atoms with Crippen molar-refractivity contribution in [3.8, 4) is 0 Å². The Kier molecular flexibility index (Phi) is 9.65. The van der Waals surface area contributed by atoms with Gasteiger partial charge in [-0.3, -0.25) is 4.79 Å². The summed E-state index contributed by atoms with van der Waals surface area (Å²) in [7, 11) is -3.08. The van der Waals surface area contributed by atoms with E-state index in [-0.39, 0.29) is 41.7 Å². The number of morpholine rings is 1. The van der Waals surface area contributed by atoms with E-state index in [2.05, 4.69) is 20.8 Å². The van der Waals surface area contributed by atoms with Gasteiger partial charge >= 0.3 is 5.97 Å². The molecule has 0 saturated carbocycles. The first kappa shape index (κ1) is 31.5. The highest BCUT2D eigenvalue weighted by molar-refractivity contribution is 6.99. The summed E-state index contributed by atoms with van der Waals surface area (Å²) in [5.74, 6) is -5.07. The normalized spacial score (nSPS) is 17.7. The summed E-state index contributed by atoms with van der Waals surface area (Å²) in [6.45, 7) is 12.1. The lowest BCUT2D eigenvalue weighted by Crippen LogP contribution is -2.66. The van der Waals surface area contributed by atoms with Crippen LogP contribution in [0.1, 0.15) is 57.5 Å². The van der Waals surface area contributed by atoms with Crippen LogP contribution in [0.5, 0.6) is 0 Å². The summed E-state index contributed by atoms with van der Waals surface area (Å²) in [4.78, 5) is 26.9. The van der Waals surface area contributed by atoms with E-state index in [0.717, 1.165) is 10.4 Å². The SMILES string of the molecule is CCOC(=O)C(=O)c1cc(CO[Si](c2ccccc2)(c2ccccc2)C(C)(C)C)c(N2CC(C)OC(C)C2)c(F)c1F. The molecule has 3 aromatic carbocycles. The van der Waals surface area contributed by atoms with Crippen LogP contribution in [0.3, 0.4) is 0 Å². The van der Waals surface area contributed by atoms with Gasteiger partial charge < -0.3 is 18.8 Å². The molecule has 3 aromatic rings. The third-order valence-electron chi connectivity index (χ3n) is 7.56. The van der Waals surface area contributed by atoms with Crippen molar-refractivity contribution in [2.75, 3.05) is 24.6 Å². The van der Waals surface area contributed by atoms with Gasteiger partial charge in [0, 0.05) is 18.7 Å². The number of anilines is 1. The largest absolute Gasteiger partial charge is 0.460 e. The zero-order valence-electron chi connectivity index (χ0n) is 25.1. The van der Waals surface area contributed by atoms with E-state index in [1.54, 1.807) is 4.90 Å². The highest BCUT2D eigenvalue weighted by Gasteiger charge is 2.50. The van der Waals surface area contributed by atoms with Gasteiger partial charge in [0.1, 0.15) is 0 Å². The third-order valence-corrected chi connectivity index (χ3v) is 12.5. The number of nitrogens with zero attached hydrogens (tertiary/aromatic N) is 1. The molecular weight excluding hydrogens is 556 g/mol. The van der Waals surface area contributed by atoms with E-state index >= 15 is 8.78 Å². The molecule has 42 heavy (non-hydrogen) atoms. The van der Waals surface area contributed by atoms with Crippen LogP contribution in [0.4, 0.5) is 14.5 Å². The summed E-state index contributed by atoms with van der Waals surface area (Å²) >= 11 is 0. The quantitative estimate of drug-likeness (QED) is 0.143. The van der Waals surface area contributed by atoms with E-state index in [1.165, 1.54) is 13.0 Å². The van der Waals surface area contributed by atoms with Crippen LogP contribution in [0.15, 0.2) is 66.7 Å². The van der Waals surface area contributed by atoms with Crippen molar-refractivity contribution in [1.29, 1.82) is 0 Å². The number of rotatable bonds is 9. The molecule has 2 atom stereocenters. The molecule has 0 amide bonds. The van der Waals surface area contributed by atoms with Gasteiger partial charge in [0.25, 0.3) is 14.1 Å². The predicted octanol–water partition coefficient (Wildman–Crippen LogP) is 5.40. The van der Waals surface area contributed by atoms with Gasteiger partial charge in [-0.25, -0.2) is 13.6 Å². The van der Waals surface area contributed by atoms with Gasteiger partial charge in [-0.1, -0.05) is 81.4 Å². The number of carbonyl (C=O) groups excluding carboxylic acids is 2. The summed E-state index contributed by atoms with van der Waals surface area (Å²) in [5, 5.41) is 1.66. The molecule has 0 radical (unpaired) electrons. The van der Waals surface area contributed by atoms with Crippen molar-refractivity contribution < 1.29 is 32.3 Å². The predicted molar refractivity (Wildman–Crippen MR) is 162 cm³/mol. The Morgan fingerprint density at radius 3 is 1.93 bits per heavy atom. The van der Waals surface area contributed by atoms with E-state index in [9.17, 15) is 9.59 Å². The maximum absolute atomic E-state index is 16.1. The first-order valence-electron chi connectivity index (χ1n) is 14.3. The van der Waals surface area contributed by atoms with Crippen molar-refractivity contribution >= 4 is 36.1 Å². The Morgan fingerprint density at radius 1 is 0.929 bits per heavy atom. The Morgan fingerprint density at radius 2 is 1.45 bits per heavy atom. The van der Waals surface area contributed by atoms with Crippen molar-refractivity contribution in [1.82, 2.24) is 0 Å². The second-order valence-electron chi connectivity index (χ2n) is 11.7. The number of Topliss-reactive ketones (excluding diaryl/α,β-unsaturated/α-hetero) is 1. The number of ketones is 1. The van der Waals surface area contributed by atoms with Gasteiger partial charge in [-0.2, -0.15) is 0 Å². The van der Waals surface area contributed by atoms with Crippen molar-refractivity contribution in [3.05, 3.63) is 89.5 Å². The van der Waals surface area contributed by atoms with Crippen LogP contribution < -0.4 is 15.3 Å². The Labute approximate surface area is 247 Å². The van der Waals surface area contributed by atoms with E-state index in [4.69, 9.17) is 13.9 Å². The molecular formula is C33H39F2NO5Si. The van der Waals surface area contributed by atoms with E-state index < -0.39 is 37.3 Å². The number of benzene rings is 3. The topological polar surface area (TPSA) is 65.1 Å². The summed E-state index contributed by atoms with van der Waals surface area (Å²) in [6, 6.07) is 21.1. The molecule has 1 fully saturated rings. The fourth-order valence-corrected chi connectivity index (χ4v) is 10.4. The van der Waals surface area contributed by atoms with Gasteiger partial charge in [0.05, 0.1) is 36.7 Å². The average Bonchev–Trinajstić information content (AvgIpc) is 2.94. The second-order valence-corrected chi connectivity index (χ2v) is 16.0. The van der Waals surface area contributed by atoms with Crippen LogP contribution in [-0.2, 0) is 25.3 Å². The van der Waals surface area contributed by atoms with Crippen molar-refractivity contribution in [2.24, 2.45) is 0 Å². The van der Waals surface area contributed by atoms with Crippen LogP contribution >= 0.6 is 0 Å². The van der Waals surface area contributed by atoms with Gasteiger partial charge in [0.2, 0.25) is 0 Å². The highest BCUT2D eigenvalue weighted by Crippen LogP contribution is 2.39. The molecule has 224 valence electrons.